The number of hydrogen-bond acceptors (Lipinski definition) is 2. The van der Waals surface area contributed by atoms with E-state index in [2.05, 4.69) is 18.7 Å². The van der Waals surface area contributed by atoms with Crippen LogP contribution in [0.5, 0.6) is 0 Å². The molecule has 60 valence electrons. The van der Waals surface area contributed by atoms with Gasteiger partial charge >= 0.3 is 18.9 Å². The van der Waals surface area contributed by atoms with E-state index in [1.807, 2.05) is 0 Å². The van der Waals surface area contributed by atoms with Gasteiger partial charge in [-0.1, -0.05) is 12.8 Å². The molecule has 0 atom stereocenters. The molecule has 1 aliphatic rings. The summed E-state index contributed by atoms with van der Waals surface area (Å²) in [5.41, 5.74) is 0. The van der Waals surface area contributed by atoms with Crippen LogP contribution in [0, 0.1) is 0 Å². The van der Waals surface area contributed by atoms with Crippen molar-refractivity contribution in [2.75, 3.05) is 13.1 Å². The Labute approximate surface area is 81.1 Å². The van der Waals surface area contributed by atoms with Gasteiger partial charge in [0.05, 0.1) is 0 Å². The van der Waals surface area contributed by atoms with Crippen LogP contribution in [-0.4, -0.2) is 30.1 Å². The molecule has 1 aliphatic heterocycles. The Morgan fingerprint density at radius 3 is 2.09 bits per heavy atom. The molecule has 0 aromatic heterocycles. The molecular formula is C8H16LiNO. The van der Waals surface area contributed by atoms with Crippen molar-refractivity contribution < 1.29 is 24.0 Å². The van der Waals surface area contributed by atoms with Crippen LogP contribution < -0.4 is 24.0 Å². The van der Waals surface area contributed by atoms with E-state index in [1.54, 1.807) is 0 Å². The first kappa shape index (κ1) is 11.5. The van der Waals surface area contributed by atoms with Crippen molar-refractivity contribution in [1.82, 2.24) is 4.90 Å². The molecule has 1 saturated heterocycles. The van der Waals surface area contributed by atoms with Crippen molar-refractivity contribution in [2.24, 2.45) is 0 Å². The van der Waals surface area contributed by atoms with Gasteiger partial charge in [0.25, 0.3) is 0 Å². The van der Waals surface area contributed by atoms with Gasteiger partial charge in [0.1, 0.15) is 0 Å². The second kappa shape index (κ2) is 5.21. The quantitative estimate of drug-likeness (QED) is 0.377. The molecule has 0 saturated carbocycles. The first-order valence-corrected chi connectivity index (χ1v) is 4.10. The van der Waals surface area contributed by atoms with E-state index in [4.69, 9.17) is 0 Å². The number of piperidine rings is 1. The van der Waals surface area contributed by atoms with Crippen molar-refractivity contribution in [3.8, 4) is 0 Å². The van der Waals surface area contributed by atoms with Gasteiger partial charge in [0.2, 0.25) is 0 Å². The van der Waals surface area contributed by atoms with Gasteiger partial charge in [-0.05, 0) is 26.9 Å². The molecule has 0 radical (unpaired) electrons. The van der Waals surface area contributed by atoms with Gasteiger partial charge in [-0.2, -0.15) is 0 Å². The largest absolute Gasteiger partial charge is 1.00 e. The van der Waals surface area contributed by atoms with E-state index in [9.17, 15) is 5.11 Å². The Morgan fingerprint density at radius 2 is 1.73 bits per heavy atom. The Kier molecular flexibility index (Phi) is 5.46. The van der Waals surface area contributed by atoms with Gasteiger partial charge in [-0.15, -0.1) is 6.10 Å². The van der Waals surface area contributed by atoms with E-state index in [0.29, 0.717) is 6.04 Å². The summed E-state index contributed by atoms with van der Waals surface area (Å²) in [5, 5.41) is 10.9. The number of nitrogens with zero attached hydrogens (tertiary/aromatic N) is 1. The van der Waals surface area contributed by atoms with Crippen LogP contribution in [0.1, 0.15) is 26.7 Å². The Morgan fingerprint density at radius 1 is 1.27 bits per heavy atom. The van der Waals surface area contributed by atoms with E-state index in [-0.39, 0.29) is 25.0 Å². The van der Waals surface area contributed by atoms with Crippen LogP contribution in [0.4, 0.5) is 0 Å². The van der Waals surface area contributed by atoms with Crippen molar-refractivity contribution in [3.63, 3.8) is 0 Å². The second-order valence-corrected chi connectivity index (χ2v) is 3.33. The first-order chi connectivity index (χ1) is 4.70. The minimum atomic E-state index is -0.282. The molecule has 0 unspecified atom stereocenters. The average Bonchev–Trinajstić information content (AvgIpc) is 1.88. The summed E-state index contributed by atoms with van der Waals surface area (Å²) in [4.78, 5) is 2.37. The molecule has 3 heteroatoms. The molecule has 0 spiro atoms. The summed E-state index contributed by atoms with van der Waals surface area (Å²) < 4.78 is 0. The molecule has 0 bridgehead atoms. The van der Waals surface area contributed by atoms with Crippen LogP contribution in [0.15, 0.2) is 0 Å². The fourth-order valence-electron chi connectivity index (χ4n) is 1.39. The van der Waals surface area contributed by atoms with Crippen LogP contribution in [0.3, 0.4) is 0 Å². The molecule has 1 heterocycles. The molecule has 11 heavy (non-hydrogen) atoms. The van der Waals surface area contributed by atoms with Crippen molar-refractivity contribution >= 4 is 0 Å². The first-order valence-electron chi connectivity index (χ1n) is 4.10. The summed E-state index contributed by atoms with van der Waals surface area (Å²) in [6.45, 7) is 6.38. The molecular weight excluding hydrogens is 133 g/mol. The summed E-state index contributed by atoms with van der Waals surface area (Å²) >= 11 is 0. The van der Waals surface area contributed by atoms with E-state index < -0.39 is 0 Å². The predicted octanol–water partition coefficient (Wildman–Crippen LogP) is -2.78. The van der Waals surface area contributed by atoms with Gasteiger partial charge in [-0.3, -0.25) is 0 Å². The van der Waals surface area contributed by atoms with Crippen molar-refractivity contribution in [1.29, 1.82) is 0 Å². The Hall–Kier alpha value is 0.517. The molecule has 0 aromatic rings. The topological polar surface area (TPSA) is 26.3 Å². The molecule has 0 N–H and O–H groups in total. The van der Waals surface area contributed by atoms with Gasteiger partial charge in [0, 0.05) is 6.04 Å². The van der Waals surface area contributed by atoms with Crippen LogP contribution in [0.2, 0.25) is 0 Å². The number of hydrogen-bond donors (Lipinski definition) is 0. The minimum absolute atomic E-state index is 0. The molecule has 2 nitrogen and oxygen atoms in total. The van der Waals surface area contributed by atoms with Gasteiger partial charge in [0.15, 0.2) is 0 Å². The normalized spacial score (nSPS) is 21.8. The predicted molar refractivity (Wildman–Crippen MR) is 39.7 cm³/mol. The Balaban J connectivity index is 0.000001000. The summed E-state index contributed by atoms with van der Waals surface area (Å²) in [5.74, 6) is 0. The van der Waals surface area contributed by atoms with E-state index in [1.165, 1.54) is 0 Å². The maximum Gasteiger partial charge on any atom is 1.00 e. The fourth-order valence-corrected chi connectivity index (χ4v) is 1.39. The van der Waals surface area contributed by atoms with Gasteiger partial charge < -0.3 is 10.0 Å². The smallest absolute Gasteiger partial charge is 0.852 e. The maximum atomic E-state index is 10.9. The van der Waals surface area contributed by atoms with Crippen LogP contribution in [-0.2, 0) is 0 Å². The zero-order valence-corrected chi connectivity index (χ0v) is 7.84. The molecule has 0 amide bonds. The minimum Gasteiger partial charge on any atom is -0.852 e. The SMILES string of the molecule is CC(C)N1CCC([O-])CC1.[Li+]. The third kappa shape index (κ3) is 3.62. The third-order valence-corrected chi connectivity index (χ3v) is 2.21. The number of likely N-dealkylation sites (tertiary alicyclic amines) is 1. The molecule has 0 aromatic carbocycles. The summed E-state index contributed by atoms with van der Waals surface area (Å²) in [6.07, 6.45) is 1.41. The van der Waals surface area contributed by atoms with Crippen molar-refractivity contribution in [3.05, 3.63) is 0 Å². The fraction of sp³-hybridized carbons (Fsp3) is 1.00. The monoisotopic (exact) mass is 149 g/mol. The molecule has 1 rings (SSSR count). The maximum absolute atomic E-state index is 10.9. The zero-order chi connectivity index (χ0) is 7.56. The van der Waals surface area contributed by atoms with Gasteiger partial charge in [-0.25, -0.2) is 0 Å². The molecule has 0 aliphatic carbocycles. The van der Waals surface area contributed by atoms with Crippen molar-refractivity contribution in [2.45, 2.75) is 38.8 Å². The summed E-state index contributed by atoms with van der Waals surface area (Å²) in [7, 11) is 0. The number of rotatable bonds is 1. The van der Waals surface area contributed by atoms with Crippen LogP contribution >= 0.6 is 0 Å². The van der Waals surface area contributed by atoms with E-state index in [0.717, 1.165) is 25.9 Å². The zero-order valence-electron chi connectivity index (χ0n) is 7.84. The third-order valence-electron chi connectivity index (χ3n) is 2.21. The molecule has 1 fully saturated rings. The van der Waals surface area contributed by atoms with E-state index >= 15 is 0 Å². The second-order valence-electron chi connectivity index (χ2n) is 3.33. The Bertz CT molecular complexity index is 100. The standard InChI is InChI=1S/C8H16NO.Li/c1-7(2)9-5-3-8(10)4-6-9;/h7-8H,3-6H2,1-2H3;/q-1;+1. The summed E-state index contributed by atoms with van der Waals surface area (Å²) in [6, 6.07) is 0.618. The average molecular weight is 149 g/mol. The van der Waals surface area contributed by atoms with Crippen LogP contribution in [0.25, 0.3) is 0 Å².